The first-order chi connectivity index (χ1) is 10.7. The highest BCUT2D eigenvalue weighted by molar-refractivity contribution is 5.69. The molecule has 1 unspecified atom stereocenters. The molecule has 0 saturated heterocycles. The van der Waals surface area contributed by atoms with Gasteiger partial charge in [-0.2, -0.15) is 0 Å². The first-order valence-corrected chi connectivity index (χ1v) is 8.14. The van der Waals surface area contributed by atoms with E-state index >= 15 is 0 Å². The van der Waals surface area contributed by atoms with Crippen LogP contribution in [0.25, 0.3) is 0 Å². The highest BCUT2D eigenvalue weighted by atomic mass is 16.6. The Morgan fingerprint density at radius 3 is 2.87 bits per heavy atom. The Balaban J connectivity index is 1.84. The minimum atomic E-state index is -0.684. The molecule has 0 radical (unpaired) electrons. The van der Waals surface area contributed by atoms with Gasteiger partial charge in [0.25, 0.3) is 0 Å². The SMILES string of the molecule is Cc1ccc2c(c1)NC(O)[C@@H](CCCC(=O)OC(C)(C)C)CO2. The number of anilines is 1. The summed E-state index contributed by atoms with van der Waals surface area (Å²) in [6.07, 6.45) is 1.03. The number of carbonyl (C=O) groups excluding carboxylic acids is 1. The van der Waals surface area contributed by atoms with E-state index in [0.29, 0.717) is 25.9 Å². The molecule has 2 rings (SSSR count). The third-order valence-corrected chi connectivity index (χ3v) is 3.71. The van der Waals surface area contributed by atoms with E-state index in [-0.39, 0.29) is 11.9 Å². The summed E-state index contributed by atoms with van der Waals surface area (Å²) in [5.41, 5.74) is 1.46. The number of esters is 1. The van der Waals surface area contributed by atoms with E-state index in [2.05, 4.69) is 5.32 Å². The number of aryl methyl sites for hydroxylation is 1. The lowest BCUT2D eigenvalue weighted by molar-refractivity contribution is -0.155. The molecule has 1 aliphatic heterocycles. The van der Waals surface area contributed by atoms with Gasteiger partial charge in [-0.3, -0.25) is 4.79 Å². The molecule has 0 saturated carbocycles. The summed E-state index contributed by atoms with van der Waals surface area (Å²) < 4.78 is 11.1. The van der Waals surface area contributed by atoms with Gasteiger partial charge < -0.3 is 19.9 Å². The van der Waals surface area contributed by atoms with Crippen LogP contribution in [0.4, 0.5) is 5.69 Å². The zero-order valence-corrected chi connectivity index (χ0v) is 14.4. The number of aliphatic hydroxyl groups excluding tert-OH is 1. The molecule has 1 aliphatic rings. The maximum absolute atomic E-state index is 11.7. The van der Waals surface area contributed by atoms with Crippen molar-refractivity contribution in [2.24, 2.45) is 5.92 Å². The molecular weight excluding hydrogens is 294 g/mol. The average molecular weight is 321 g/mol. The number of ether oxygens (including phenoxy) is 2. The van der Waals surface area contributed by atoms with Gasteiger partial charge >= 0.3 is 5.97 Å². The predicted octanol–water partition coefficient (Wildman–Crippen LogP) is 3.25. The lowest BCUT2D eigenvalue weighted by Gasteiger charge is -2.22. The minimum Gasteiger partial charge on any atom is -0.491 e. The topological polar surface area (TPSA) is 67.8 Å². The number of nitrogens with one attached hydrogen (secondary N) is 1. The molecule has 0 bridgehead atoms. The lowest BCUT2D eigenvalue weighted by atomic mass is 10.0. The summed E-state index contributed by atoms with van der Waals surface area (Å²) in [5.74, 6) is 0.489. The quantitative estimate of drug-likeness (QED) is 0.833. The summed E-state index contributed by atoms with van der Waals surface area (Å²) in [7, 11) is 0. The van der Waals surface area contributed by atoms with Crippen molar-refractivity contribution in [1.29, 1.82) is 0 Å². The molecule has 0 amide bonds. The predicted molar refractivity (Wildman–Crippen MR) is 89.5 cm³/mol. The molecular formula is C18H27NO4. The van der Waals surface area contributed by atoms with Crippen LogP contribution in [0.2, 0.25) is 0 Å². The van der Waals surface area contributed by atoms with Crippen molar-refractivity contribution in [2.75, 3.05) is 11.9 Å². The van der Waals surface area contributed by atoms with E-state index < -0.39 is 11.8 Å². The second kappa shape index (κ2) is 7.21. The number of hydrogen-bond acceptors (Lipinski definition) is 5. The summed E-state index contributed by atoms with van der Waals surface area (Å²) in [6, 6.07) is 5.85. The summed E-state index contributed by atoms with van der Waals surface area (Å²) in [5, 5.41) is 13.4. The van der Waals surface area contributed by atoms with E-state index in [9.17, 15) is 9.90 Å². The third-order valence-electron chi connectivity index (χ3n) is 3.71. The third kappa shape index (κ3) is 5.43. The van der Waals surface area contributed by atoms with E-state index in [1.165, 1.54) is 0 Å². The van der Waals surface area contributed by atoms with Crippen LogP contribution < -0.4 is 10.1 Å². The van der Waals surface area contributed by atoms with E-state index in [1.807, 2.05) is 45.9 Å². The molecule has 0 spiro atoms. The van der Waals surface area contributed by atoms with Crippen LogP contribution in [0.3, 0.4) is 0 Å². The molecule has 1 aromatic carbocycles. The number of hydrogen-bond donors (Lipinski definition) is 2. The zero-order valence-electron chi connectivity index (χ0n) is 14.4. The van der Waals surface area contributed by atoms with Gasteiger partial charge in [0.1, 0.15) is 17.6 Å². The summed E-state index contributed by atoms with van der Waals surface area (Å²) in [4.78, 5) is 11.7. The Kier molecular flexibility index (Phi) is 5.52. The van der Waals surface area contributed by atoms with Crippen LogP contribution in [-0.2, 0) is 9.53 Å². The highest BCUT2D eigenvalue weighted by Crippen LogP contribution is 2.31. The fraction of sp³-hybridized carbons (Fsp3) is 0.611. The Morgan fingerprint density at radius 1 is 1.43 bits per heavy atom. The van der Waals surface area contributed by atoms with Gasteiger partial charge in [-0.05, 0) is 58.2 Å². The molecule has 23 heavy (non-hydrogen) atoms. The lowest BCUT2D eigenvalue weighted by Crippen LogP contribution is -2.31. The fourth-order valence-corrected chi connectivity index (χ4v) is 2.59. The molecule has 128 valence electrons. The Morgan fingerprint density at radius 2 is 2.17 bits per heavy atom. The minimum absolute atomic E-state index is 0.0647. The summed E-state index contributed by atoms with van der Waals surface area (Å²) >= 11 is 0. The van der Waals surface area contributed by atoms with E-state index in [1.54, 1.807) is 0 Å². The maximum Gasteiger partial charge on any atom is 0.306 e. The van der Waals surface area contributed by atoms with Crippen molar-refractivity contribution in [1.82, 2.24) is 0 Å². The Labute approximate surface area is 138 Å². The normalized spacial score (nSPS) is 20.7. The number of rotatable bonds is 4. The summed E-state index contributed by atoms with van der Waals surface area (Å²) in [6.45, 7) is 8.00. The molecule has 5 nitrogen and oxygen atoms in total. The van der Waals surface area contributed by atoms with Crippen molar-refractivity contribution in [3.05, 3.63) is 23.8 Å². The van der Waals surface area contributed by atoms with Gasteiger partial charge in [-0.1, -0.05) is 6.07 Å². The largest absolute Gasteiger partial charge is 0.491 e. The van der Waals surface area contributed by atoms with Crippen LogP contribution in [0, 0.1) is 12.8 Å². The van der Waals surface area contributed by atoms with Gasteiger partial charge in [0.15, 0.2) is 0 Å². The van der Waals surface area contributed by atoms with E-state index in [0.717, 1.165) is 17.0 Å². The second-order valence-corrected chi connectivity index (χ2v) is 7.14. The molecule has 0 fully saturated rings. The zero-order chi connectivity index (χ0) is 17.0. The second-order valence-electron chi connectivity index (χ2n) is 7.14. The monoisotopic (exact) mass is 321 g/mol. The molecule has 1 heterocycles. The van der Waals surface area contributed by atoms with E-state index in [4.69, 9.17) is 9.47 Å². The highest BCUT2D eigenvalue weighted by Gasteiger charge is 2.25. The first kappa shape index (κ1) is 17.6. The molecule has 2 atom stereocenters. The fourth-order valence-electron chi connectivity index (χ4n) is 2.59. The van der Waals surface area contributed by atoms with Crippen LogP contribution in [-0.4, -0.2) is 29.5 Å². The van der Waals surface area contributed by atoms with Crippen LogP contribution >= 0.6 is 0 Å². The van der Waals surface area contributed by atoms with Crippen molar-refractivity contribution in [2.45, 2.75) is 58.8 Å². The maximum atomic E-state index is 11.7. The first-order valence-electron chi connectivity index (χ1n) is 8.14. The average Bonchev–Trinajstić information content (AvgIpc) is 2.56. The molecule has 1 aromatic rings. The molecule has 0 aromatic heterocycles. The van der Waals surface area contributed by atoms with Crippen LogP contribution in [0.15, 0.2) is 18.2 Å². The Hall–Kier alpha value is -1.75. The molecule has 0 aliphatic carbocycles. The van der Waals surface area contributed by atoms with Crippen LogP contribution in [0.1, 0.15) is 45.6 Å². The number of fused-ring (bicyclic) bond motifs is 1. The van der Waals surface area contributed by atoms with Crippen molar-refractivity contribution < 1.29 is 19.4 Å². The van der Waals surface area contributed by atoms with Crippen LogP contribution in [0.5, 0.6) is 5.75 Å². The van der Waals surface area contributed by atoms with Gasteiger partial charge in [0.05, 0.1) is 12.3 Å². The number of benzene rings is 1. The number of aliphatic hydroxyl groups is 1. The standard InChI is InChI=1S/C18H27NO4/c1-12-8-9-15-14(10-12)19-17(21)13(11-22-15)6-5-7-16(20)23-18(2,3)4/h8-10,13,17,19,21H,5-7,11H2,1-4H3/t13-,17?/m0/s1. The van der Waals surface area contributed by atoms with Gasteiger partial charge in [0, 0.05) is 12.3 Å². The van der Waals surface area contributed by atoms with Crippen molar-refractivity contribution >= 4 is 11.7 Å². The molecule has 5 heteroatoms. The van der Waals surface area contributed by atoms with Gasteiger partial charge in [0.2, 0.25) is 0 Å². The van der Waals surface area contributed by atoms with Crippen molar-refractivity contribution in [3.8, 4) is 5.75 Å². The number of carbonyl (C=O) groups is 1. The van der Waals surface area contributed by atoms with Crippen molar-refractivity contribution in [3.63, 3.8) is 0 Å². The smallest absolute Gasteiger partial charge is 0.306 e. The van der Waals surface area contributed by atoms with Gasteiger partial charge in [-0.15, -0.1) is 0 Å². The Bertz CT molecular complexity index is 550. The van der Waals surface area contributed by atoms with Gasteiger partial charge in [-0.25, -0.2) is 0 Å². The molecule has 2 N–H and O–H groups in total.